The van der Waals surface area contributed by atoms with Gasteiger partial charge in [-0.15, -0.1) is 0 Å². The fourth-order valence-corrected chi connectivity index (χ4v) is 2.68. The Bertz CT molecular complexity index is 208. The van der Waals surface area contributed by atoms with Crippen molar-refractivity contribution in [2.45, 2.75) is 43.2 Å². The van der Waals surface area contributed by atoms with Crippen molar-refractivity contribution >= 4 is 0 Å². The third-order valence-corrected chi connectivity index (χ3v) is 3.55. The van der Waals surface area contributed by atoms with Gasteiger partial charge in [-0.3, -0.25) is 4.90 Å². The van der Waals surface area contributed by atoms with Gasteiger partial charge in [-0.1, -0.05) is 0 Å². The molecule has 3 rings (SSSR count). The minimum Gasteiger partial charge on any atom is -0.373 e. The van der Waals surface area contributed by atoms with Crippen LogP contribution < -0.4 is 0 Å². The van der Waals surface area contributed by atoms with Crippen molar-refractivity contribution in [3.05, 3.63) is 0 Å². The highest BCUT2D eigenvalue weighted by atomic mass is 16.6. The fraction of sp³-hybridized carbons (Fsp3) is 1.00. The molecule has 3 fully saturated rings. The van der Waals surface area contributed by atoms with Gasteiger partial charge in [0.1, 0.15) is 11.8 Å². The summed E-state index contributed by atoms with van der Waals surface area (Å²) in [6, 6.07) is 0.573. The molecule has 0 amide bonds. The van der Waals surface area contributed by atoms with E-state index in [0.717, 1.165) is 19.3 Å². The lowest BCUT2D eigenvalue weighted by Gasteiger charge is -2.35. The van der Waals surface area contributed by atoms with E-state index in [-0.39, 0.29) is 6.10 Å². The molecule has 3 aliphatic heterocycles. The maximum atomic E-state index is 10.1. The van der Waals surface area contributed by atoms with Crippen LogP contribution in [0.1, 0.15) is 19.3 Å². The van der Waals surface area contributed by atoms with Crippen LogP contribution in [0.4, 0.5) is 0 Å². The van der Waals surface area contributed by atoms with Crippen molar-refractivity contribution in [3.8, 4) is 0 Å². The molecule has 3 nitrogen and oxygen atoms in total. The molecule has 0 aromatic rings. The summed E-state index contributed by atoms with van der Waals surface area (Å²) < 4.78 is 5.39. The number of rotatable bonds is 0. The number of nitrogens with zero attached hydrogens (tertiary/aromatic N) is 1. The van der Waals surface area contributed by atoms with Crippen molar-refractivity contribution in [3.63, 3.8) is 0 Å². The summed E-state index contributed by atoms with van der Waals surface area (Å²) in [5, 5.41) is 10.1. The second kappa shape index (κ2) is 1.63. The van der Waals surface area contributed by atoms with E-state index in [9.17, 15) is 5.11 Å². The van der Waals surface area contributed by atoms with Gasteiger partial charge in [0.2, 0.25) is 0 Å². The standard InChI is InChI=1S/C8H13NO2/c1-9-5-2-3-8(9,10)7-6(4-5)11-7/h5-7,10H,2-4H2,1H3/t5-,6?,7?,8-/m0/s1. The summed E-state index contributed by atoms with van der Waals surface area (Å²) in [6.45, 7) is 0. The van der Waals surface area contributed by atoms with E-state index in [4.69, 9.17) is 4.74 Å². The molecule has 3 aliphatic rings. The number of epoxide rings is 1. The highest BCUT2D eigenvalue weighted by molar-refractivity contribution is 5.11. The molecule has 3 heterocycles. The molecule has 62 valence electrons. The van der Waals surface area contributed by atoms with Crippen LogP contribution >= 0.6 is 0 Å². The first-order chi connectivity index (χ1) is 5.22. The Morgan fingerprint density at radius 2 is 2.45 bits per heavy atom. The van der Waals surface area contributed by atoms with Crippen molar-refractivity contribution in [1.29, 1.82) is 0 Å². The molecule has 4 atom stereocenters. The Kier molecular flexibility index (Phi) is 0.947. The van der Waals surface area contributed by atoms with Gasteiger partial charge in [-0.2, -0.15) is 0 Å². The number of ether oxygens (including phenoxy) is 1. The summed E-state index contributed by atoms with van der Waals surface area (Å²) >= 11 is 0. The van der Waals surface area contributed by atoms with Gasteiger partial charge >= 0.3 is 0 Å². The van der Waals surface area contributed by atoms with Gasteiger partial charge in [0.15, 0.2) is 0 Å². The average Bonchev–Trinajstić information content (AvgIpc) is 2.68. The second-order valence-electron chi connectivity index (χ2n) is 4.01. The predicted octanol–water partition coefficient (Wildman–Crippen LogP) is -0.0597. The summed E-state index contributed by atoms with van der Waals surface area (Å²) in [5.74, 6) is 0. The largest absolute Gasteiger partial charge is 0.373 e. The molecule has 3 saturated heterocycles. The van der Waals surface area contributed by atoms with Crippen molar-refractivity contribution in [1.82, 2.24) is 4.90 Å². The third kappa shape index (κ3) is 0.604. The Hall–Kier alpha value is -0.120. The van der Waals surface area contributed by atoms with Crippen molar-refractivity contribution in [2.75, 3.05) is 7.05 Å². The lowest BCUT2D eigenvalue weighted by Crippen LogP contribution is -2.52. The van der Waals surface area contributed by atoms with Gasteiger partial charge in [0, 0.05) is 6.04 Å². The van der Waals surface area contributed by atoms with E-state index in [2.05, 4.69) is 4.90 Å². The van der Waals surface area contributed by atoms with Crippen LogP contribution in [-0.2, 0) is 4.74 Å². The van der Waals surface area contributed by atoms with Gasteiger partial charge in [0.25, 0.3) is 0 Å². The molecule has 0 spiro atoms. The van der Waals surface area contributed by atoms with Crippen LogP contribution in [0.25, 0.3) is 0 Å². The first kappa shape index (κ1) is 6.40. The van der Waals surface area contributed by atoms with Gasteiger partial charge in [0.05, 0.1) is 6.10 Å². The quantitative estimate of drug-likeness (QED) is 0.498. The minimum atomic E-state index is -0.604. The number of hydrogen-bond acceptors (Lipinski definition) is 3. The van der Waals surface area contributed by atoms with Crippen molar-refractivity contribution < 1.29 is 9.84 Å². The van der Waals surface area contributed by atoms with Crippen LogP contribution in [0.15, 0.2) is 0 Å². The Labute approximate surface area is 65.9 Å². The summed E-state index contributed by atoms with van der Waals surface area (Å²) in [7, 11) is 2.01. The topological polar surface area (TPSA) is 36.0 Å². The molecule has 0 saturated carbocycles. The van der Waals surface area contributed by atoms with Gasteiger partial charge in [-0.25, -0.2) is 0 Å². The molecule has 0 radical (unpaired) electrons. The van der Waals surface area contributed by atoms with Crippen LogP contribution in [0, 0.1) is 0 Å². The first-order valence-corrected chi connectivity index (χ1v) is 4.32. The van der Waals surface area contributed by atoms with E-state index in [0.29, 0.717) is 12.1 Å². The number of aliphatic hydroxyl groups is 1. The zero-order valence-electron chi connectivity index (χ0n) is 6.66. The molecule has 11 heavy (non-hydrogen) atoms. The van der Waals surface area contributed by atoms with Crippen LogP contribution in [0.2, 0.25) is 0 Å². The van der Waals surface area contributed by atoms with Gasteiger partial charge in [-0.05, 0) is 26.3 Å². The van der Waals surface area contributed by atoms with E-state index in [1.165, 1.54) is 0 Å². The van der Waals surface area contributed by atoms with Crippen LogP contribution in [-0.4, -0.2) is 41.0 Å². The summed E-state index contributed by atoms with van der Waals surface area (Å²) in [4.78, 5) is 2.10. The molecule has 0 aromatic heterocycles. The molecule has 3 heteroatoms. The smallest absolute Gasteiger partial charge is 0.147 e. The Morgan fingerprint density at radius 3 is 3.27 bits per heavy atom. The van der Waals surface area contributed by atoms with E-state index >= 15 is 0 Å². The monoisotopic (exact) mass is 155 g/mol. The molecule has 0 aromatic carbocycles. The zero-order valence-corrected chi connectivity index (χ0v) is 6.66. The predicted molar refractivity (Wildman–Crippen MR) is 39.0 cm³/mol. The van der Waals surface area contributed by atoms with Crippen LogP contribution in [0.5, 0.6) is 0 Å². The second-order valence-corrected chi connectivity index (χ2v) is 4.01. The lowest BCUT2D eigenvalue weighted by molar-refractivity contribution is -0.103. The zero-order chi connectivity index (χ0) is 7.64. The maximum Gasteiger partial charge on any atom is 0.147 e. The Morgan fingerprint density at radius 1 is 1.64 bits per heavy atom. The molecule has 0 aliphatic carbocycles. The summed E-state index contributed by atoms with van der Waals surface area (Å²) in [6.07, 6.45) is 3.68. The SMILES string of the molecule is CN1[C@H]2CC[C@]1(O)C1OC1C2. The van der Waals surface area contributed by atoms with E-state index < -0.39 is 5.72 Å². The van der Waals surface area contributed by atoms with Gasteiger partial charge < -0.3 is 9.84 Å². The number of likely N-dealkylation sites (N-methyl/N-ethyl adjacent to an activating group) is 1. The lowest BCUT2D eigenvalue weighted by atomic mass is 10.0. The maximum absolute atomic E-state index is 10.1. The highest BCUT2D eigenvalue weighted by Gasteiger charge is 2.64. The number of fused-ring (bicyclic) bond motifs is 4. The number of piperidine rings is 1. The average molecular weight is 155 g/mol. The Balaban J connectivity index is 2.00. The molecular weight excluding hydrogens is 142 g/mol. The first-order valence-electron chi connectivity index (χ1n) is 4.32. The molecule has 2 bridgehead atoms. The summed E-state index contributed by atoms with van der Waals surface area (Å²) in [5.41, 5.74) is -0.604. The number of hydrogen-bond donors (Lipinski definition) is 1. The van der Waals surface area contributed by atoms with E-state index in [1.54, 1.807) is 0 Å². The minimum absolute atomic E-state index is 0.131. The third-order valence-electron chi connectivity index (χ3n) is 3.55. The highest BCUT2D eigenvalue weighted by Crippen LogP contribution is 2.50. The molecule has 1 N–H and O–H groups in total. The van der Waals surface area contributed by atoms with Crippen LogP contribution in [0.3, 0.4) is 0 Å². The normalized spacial score (nSPS) is 61.1. The van der Waals surface area contributed by atoms with Crippen molar-refractivity contribution in [2.24, 2.45) is 0 Å². The van der Waals surface area contributed by atoms with E-state index in [1.807, 2.05) is 7.05 Å². The molecule has 2 unspecified atom stereocenters. The molecular formula is C8H13NO2. The fourth-order valence-electron chi connectivity index (χ4n) is 2.68.